The fourth-order valence-corrected chi connectivity index (χ4v) is 2.17. The third-order valence-electron chi connectivity index (χ3n) is 3.53. The number of aryl methyl sites for hydroxylation is 1. The highest BCUT2D eigenvalue weighted by Crippen LogP contribution is 2.28. The molecule has 0 aromatic heterocycles. The minimum Gasteiger partial charge on any atom is -0.330 e. The Morgan fingerprint density at radius 1 is 1.12 bits per heavy atom. The maximum Gasteiger partial charge on any atom is -0.00715 e. The van der Waals surface area contributed by atoms with E-state index in [0.29, 0.717) is 11.8 Å². The Labute approximate surface area is 100 Å². The van der Waals surface area contributed by atoms with Crippen LogP contribution in [-0.2, 0) is 0 Å². The Morgan fingerprint density at radius 3 is 2.25 bits per heavy atom. The molecule has 1 unspecified atom stereocenters. The van der Waals surface area contributed by atoms with Gasteiger partial charge in [0.25, 0.3) is 0 Å². The molecule has 1 aromatic rings. The van der Waals surface area contributed by atoms with Gasteiger partial charge in [-0.05, 0) is 60.9 Å². The highest BCUT2D eigenvalue weighted by molar-refractivity contribution is 5.40. The van der Waals surface area contributed by atoms with Crippen molar-refractivity contribution in [1.29, 1.82) is 0 Å². The molecule has 0 heterocycles. The fourth-order valence-electron chi connectivity index (χ4n) is 2.17. The SMILES string of the molecule is Cc1cc(C(C)C)cc(C(C)CCN)c1C. The van der Waals surface area contributed by atoms with Crippen LogP contribution >= 0.6 is 0 Å². The highest BCUT2D eigenvalue weighted by atomic mass is 14.5. The first-order valence-corrected chi connectivity index (χ1v) is 6.28. The zero-order valence-electron chi connectivity index (χ0n) is 11.3. The molecule has 0 saturated heterocycles. The van der Waals surface area contributed by atoms with Crippen molar-refractivity contribution in [3.05, 3.63) is 34.4 Å². The van der Waals surface area contributed by atoms with E-state index in [1.807, 2.05) is 0 Å². The van der Waals surface area contributed by atoms with Crippen LogP contribution in [0, 0.1) is 13.8 Å². The van der Waals surface area contributed by atoms with E-state index in [4.69, 9.17) is 5.73 Å². The van der Waals surface area contributed by atoms with Crippen LogP contribution in [-0.4, -0.2) is 6.54 Å². The monoisotopic (exact) mass is 219 g/mol. The van der Waals surface area contributed by atoms with E-state index in [2.05, 4.69) is 46.8 Å². The van der Waals surface area contributed by atoms with Gasteiger partial charge in [0.05, 0.1) is 0 Å². The molecule has 0 aliphatic heterocycles. The maximum absolute atomic E-state index is 5.65. The Bertz CT molecular complexity index is 353. The normalized spacial score (nSPS) is 13.2. The van der Waals surface area contributed by atoms with E-state index in [0.717, 1.165) is 13.0 Å². The van der Waals surface area contributed by atoms with E-state index in [1.165, 1.54) is 22.3 Å². The molecule has 1 rings (SSSR count). The first-order chi connectivity index (χ1) is 7.47. The molecular formula is C15H25N. The van der Waals surface area contributed by atoms with E-state index >= 15 is 0 Å². The van der Waals surface area contributed by atoms with Crippen molar-refractivity contribution in [2.24, 2.45) is 5.73 Å². The second-order valence-electron chi connectivity index (χ2n) is 5.19. The Kier molecular flexibility index (Phi) is 4.55. The molecule has 16 heavy (non-hydrogen) atoms. The lowest BCUT2D eigenvalue weighted by molar-refractivity contribution is 0.682. The fraction of sp³-hybridized carbons (Fsp3) is 0.600. The molecule has 0 fully saturated rings. The first-order valence-electron chi connectivity index (χ1n) is 6.28. The van der Waals surface area contributed by atoms with Gasteiger partial charge in [0, 0.05) is 0 Å². The number of nitrogens with two attached hydrogens (primary N) is 1. The van der Waals surface area contributed by atoms with Gasteiger partial charge in [-0.15, -0.1) is 0 Å². The first kappa shape index (κ1) is 13.2. The average molecular weight is 219 g/mol. The summed E-state index contributed by atoms with van der Waals surface area (Å²) in [5, 5.41) is 0. The zero-order chi connectivity index (χ0) is 12.3. The third-order valence-corrected chi connectivity index (χ3v) is 3.53. The topological polar surface area (TPSA) is 26.0 Å². The summed E-state index contributed by atoms with van der Waals surface area (Å²) in [4.78, 5) is 0. The van der Waals surface area contributed by atoms with Crippen LogP contribution in [0.1, 0.15) is 61.3 Å². The minimum absolute atomic E-state index is 0.572. The van der Waals surface area contributed by atoms with E-state index in [1.54, 1.807) is 0 Å². The van der Waals surface area contributed by atoms with E-state index in [-0.39, 0.29) is 0 Å². The van der Waals surface area contributed by atoms with Crippen LogP contribution in [0.5, 0.6) is 0 Å². The van der Waals surface area contributed by atoms with E-state index in [9.17, 15) is 0 Å². The Balaban J connectivity index is 3.16. The molecule has 90 valence electrons. The third kappa shape index (κ3) is 2.85. The van der Waals surface area contributed by atoms with Crippen LogP contribution < -0.4 is 5.73 Å². The number of benzene rings is 1. The number of rotatable bonds is 4. The van der Waals surface area contributed by atoms with Crippen LogP contribution in [0.2, 0.25) is 0 Å². The molecular weight excluding hydrogens is 194 g/mol. The van der Waals surface area contributed by atoms with Crippen molar-refractivity contribution in [1.82, 2.24) is 0 Å². The standard InChI is InChI=1S/C15H25N/c1-10(2)14-8-12(4)13(5)15(9-14)11(3)6-7-16/h8-11H,6-7,16H2,1-5H3. The average Bonchev–Trinajstić information content (AvgIpc) is 2.21. The van der Waals surface area contributed by atoms with Gasteiger partial charge in [0.1, 0.15) is 0 Å². The van der Waals surface area contributed by atoms with Crippen molar-refractivity contribution >= 4 is 0 Å². The van der Waals surface area contributed by atoms with Crippen LogP contribution in [0.25, 0.3) is 0 Å². The largest absolute Gasteiger partial charge is 0.330 e. The smallest absolute Gasteiger partial charge is 0.00715 e. The van der Waals surface area contributed by atoms with Gasteiger partial charge in [-0.3, -0.25) is 0 Å². The van der Waals surface area contributed by atoms with Gasteiger partial charge in [0.15, 0.2) is 0 Å². The van der Waals surface area contributed by atoms with Crippen molar-refractivity contribution < 1.29 is 0 Å². The van der Waals surface area contributed by atoms with Crippen LogP contribution in [0.4, 0.5) is 0 Å². The van der Waals surface area contributed by atoms with Gasteiger partial charge in [-0.2, -0.15) is 0 Å². The summed E-state index contributed by atoms with van der Waals surface area (Å²) in [6.07, 6.45) is 1.07. The molecule has 0 aliphatic carbocycles. The molecule has 0 radical (unpaired) electrons. The summed E-state index contributed by atoms with van der Waals surface area (Å²) in [5.41, 5.74) is 11.4. The van der Waals surface area contributed by atoms with Gasteiger partial charge >= 0.3 is 0 Å². The lowest BCUT2D eigenvalue weighted by atomic mass is 9.87. The molecule has 1 aromatic carbocycles. The van der Waals surface area contributed by atoms with Crippen molar-refractivity contribution in [2.75, 3.05) is 6.54 Å². The number of hydrogen-bond donors (Lipinski definition) is 1. The number of hydrogen-bond acceptors (Lipinski definition) is 1. The highest BCUT2D eigenvalue weighted by Gasteiger charge is 2.12. The second-order valence-corrected chi connectivity index (χ2v) is 5.19. The predicted octanol–water partition coefficient (Wildman–Crippen LogP) is 3.88. The molecule has 0 spiro atoms. The molecule has 1 nitrogen and oxygen atoms in total. The lowest BCUT2D eigenvalue weighted by Gasteiger charge is -2.19. The molecule has 0 amide bonds. The summed E-state index contributed by atoms with van der Waals surface area (Å²) in [5.74, 6) is 1.17. The van der Waals surface area contributed by atoms with Crippen molar-refractivity contribution in [3.63, 3.8) is 0 Å². The summed E-state index contributed by atoms with van der Waals surface area (Å²) in [7, 11) is 0. The predicted molar refractivity (Wildman–Crippen MR) is 72.1 cm³/mol. The summed E-state index contributed by atoms with van der Waals surface area (Å²) < 4.78 is 0. The van der Waals surface area contributed by atoms with Gasteiger partial charge in [-0.25, -0.2) is 0 Å². The maximum atomic E-state index is 5.65. The summed E-state index contributed by atoms with van der Waals surface area (Å²) in [6, 6.07) is 4.69. The van der Waals surface area contributed by atoms with Crippen LogP contribution in [0.15, 0.2) is 12.1 Å². The minimum atomic E-state index is 0.572. The Hall–Kier alpha value is -0.820. The molecule has 2 N–H and O–H groups in total. The molecule has 0 bridgehead atoms. The van der Waals surface area contributed by atoms with Crippen molar-refractivity contribution in [3.8, 4) is 0 Å². The summed E-state index contributed by atoms with van der Waals surface area (Å²) >= 11 is 0. The quantitative estimate of drug-likeness (QED) is 0.817. The molecule has 1 heteroatoms. The molecule has 0 aliphatic rings. The zero-order valence-corrected chi connectivity index (χ0v) is 11.3. The van der Waals surface area contributed by atoms with Crippen molar-refractivity contribution in [2.45, 2.75) is 52.9 Å². The van der Waals surface area contributed by atoms with Gasteiger partial charge in [-0.1, -0.05) is 32.9 Å². The van der Waals surface area contributed by atoms with Crippen LogP contribution in [0.3, 0.4) is 0 Å². The second kappa shape index (κ2) is 5.49. The van der Waals surface area contributed by atoms with Gasteiger partial charge < -0.3 is 5.73 Å². The Morgan fingerprint density at radius 2 is 1.75 bits per heavy atom. The molecule has 1 atom stereocenters. The summed E-state index contributed by atoms with van der Waals surface area (Å²) in [6.45, 7) is 12.0. The van der Waals surface area contributed by atoms with E-state index < -0.39 is 0 Å². The lowest BCUT2D eigenvalue weighted by Crippen LogP contribution is -2.07. The van der Waals surface area contributed by atoms with Gasteiger partial charge in [0.2, 0.25) is 0 Å². The molecule has 0 saturated carbocycles.